The van der Waals surface area contributed by atoms with E-state index in [0.717, 1.165) is 5.56 Å². The number of hydrogen-bond acceptors (Lipinski definition) is 4. The zero-order chi connectivity index (χ0) is 17.5. The number of benzene rings is 1. The summed E-state index contributed by atoms with van der Waals surface area (Å²) in [6.45, 7) is 6.20. The number of carbonyl (C=O) groups excluding carboxylic acids is 1. The molecular weight excluding hydrogens is 316 g/mol. The number of carbonyl (C=O) groups is 1. The van der Waals surface area contributed by atoms with Gasteiger partial charge in [-0.1, -0.05) is 26.0 Å². The molecule has 1 unspecified atom stereocenters. The van der Waals surface area contributed by atoms with E-state index in [1.807, 2.05) is 0 Å². The molecule has 0 aliphatic carbocycles. The number of nitrogens with zero attached hydrogens (tertiary/aromatic N) is 1. The number of aliphatic hydroxyl groups is 1. The smallest absolute Gasteiger partial charge is 0.244 e. The molecule has 1 aromatic rings. The summed E-state index contributed by atoms with van der Waals surface area (Å²) in [6, 6.07) is 6.35. The topological polar surface area (TPSA) is 86.7 Å². The van der Waals surface area contributed by atoms with Crippen molar-refractivity contribution in [3.8, 4) is 0 Å². The van der Waals surface area contributed by atoms with Gasteiger partial charge in [0, 0.05) is 25.7 Å². The molecule has 0 aromatic heterocycles. The van der Waals surface area contributed by atoms with Gasteiger partial charge in [-0.15, -0.1) is 0 Å². The van der Waals surface area contributed by atoms with Crippen molar-refractivity contribution >= 4 is 22.0 Å². The van der Waals surface area contributed by atoms with E-state index in [9.17, 15) is 13.2 Å². The summed E-state index contributed by atoms with van der Waals surface area (Å²) in [6.07, 6.45) is 2.33. The van der Waals surface area contributed by atoms with Crippen LogP contribution in [0, 0.1) is 0 Å². The molecule has 1 atom stereocenters. The van der Waals surface area contributed by atoms with E-state index in [2.05, 4.69) is 5.32 Å². The highest BCUT2D eigenvalue weighted by Gasteiger charge is 2.20. The summed E-state index contributed by atoms with van der Waals surface area (Å²) in [4.78, 5) is 11.7. The van der Waals surface area contributed by atoms with Gasteiger partial charge in [0.15, 0.2) is 0 Å². The lowest BCUT2D eigenvalue weighted by molar-refractivity contribution is -0.116. The van der Waals surface area contributed by atoms with Crippen molar-refractivity contribution in [3.05, 3.63) is 35.9 Å². The molecule has 6 nitrogen and oxygen atoms in total. The molecule has 0 saturated carbocycles. The molecule has 1 aromatic carbocycles. The molecule has 1 rings (SSSR count). The molecule has 0 spiro atoms. The second-order valence-electron chi connectivity index (χ2n) is 5.09. The van der Waals surface area contributed by atoms with E-state index >= 15 is 0 Å². The standard InChI is InChI=1S/C16H24N2O4S/c1-4-18(5-2)23(21,22)15-9-6-14(7-10-15)8-11-16(20)17-12-13(3)19/h6-11,13,19H,4-5,12H2,1-3H3,(H,17,20)/b11-8+. The first kappa shape index (κ1) is 19.3. The third-order valence-electron chi connectivity index (χ3n) is 3.22. The van der Waals surface area contributed by atoms with Crippen LogP contribution in [-0.4, -0.2) is 49.5 Å². The average molecular weight is 340 g/mol. The first-order chi connectivity index (χ1) is 10.8. The molecule has 0 bridgehead atoms. The van der Waals surface area contributed by atoms with Crippen LogP contribution in [0.2, 0.25) is 0 Å². The fourth-order valence-corrected chi connectivity index (χ4v) is 3.40. The fraction of sp³-hybridized carbons (Fsp3) is 0.438. The molecule has 0 aliphatic heterocycles. The SMILES string of the molecule is CCN(CC)S(=O)(=O)c1ccc(/C=C/C(=O)NCC(C)O)cc1. The summed E-state index contributed by atoms with van der Waals surface area (Å²) in [5.41, 5.74) is 0.718. The van der Waals surface area contributed by atoms with Crippen molar-refractivity contribution in [1.82, 2.24) is 9.62 Å². The van der Waals surface area contributed by atoms with E-state index in [1.165, 1.54) is 22.5 Å². The van der Waals surface area contributed by atoms with Crippen LogP contribution in [0.5, 0.6) is 0 Å². The maximum atomic E-state index is 12.3. The van der Waals surface area contributed by atoms with Gasteiger partial charge in [0.25, 0.3) is 0 Å². The van der Waals surface area contributed by atoms with Crippen molar-refractivity contribution in [1.29, 1.82) is 0 Å². The van der Waals surface area contributed by atoms with Gasteiger partial charge in [0.1, 0.15) is 0 Å². The Hall–Kier alpha value is -1.70. The van der Waals surface area contributed by atoms with Crippen LogP contribution in [0.1, 0.15) is 26.3 Å². The Morgan fingerprint density at radius 1 is 1.26 bits per heavy atom. The number of hydrogen-bond donors (Lipinski definition) is 2. The highest BCUT2D eigenvalue weighted by atomic mass is 32.2. The number of aliphatic hydroxyl groups excluding tert-OH is 1. The van der Waals surface area contributed by atoms with E-state index < -0.39 is 16.1 Å². The molecular formula is C16H24N2O4S. The lowest BCUT2D eigenvalue weighted by Gasteiger charge is -2.18. The first-order valence-corrected chi connectivity index (χ1v) is 8.99. The van der Waals surface area contributed by atoms with Gasteiger partial charge in [-0.25, -0.2) is 8.42 Å². The van der Waals surface area contributed by atoms with Crippen molar-refractivity contribution < 1.29 is 18.3 Å². The molecule has 7 heteroatoms. The largest absolute Gasteiger partial charge is 0.392 e. The quantitative estimate of drug-likeness (QED) is 0.697. The maximum Gasteiger partial charge on any atom is 0.244 e. The van der Waals surface area contributed by atoms with Crippen LogP contribution in [0.3, 0.4) is 0 Å². The number of nitrogens with one attached hydrogen (secondary N) is 1. The van der Waals surface area contributed by atoms with Crippen molar-refractivity contribution in [2.75, 3.05) is 19.6 Å². The second kappa shape index (κ2) is 8.81. The molecule has 0 saturated heterocycles. The minimum absolute atomic E-state index is 0.185. The third kappa shape index (κ3) is 5.78. The fourth-order valence-electron chi connectivity index (χ4n) is 1.94. The van der Waals surface area contributed by atoms with Crippen molar-refractivity contribution in [2.45, 2.75) is 31.8 Å². The summed E-state index contributed by atoms with van der Waals surface area (Å²) in [7, 11) is -3.47. The number of sulfonamides is 1. The van der Waals surface area contributed by atoms with Gasteiger partial charge < -0.3 is 10.4 Å². The van der Waals surface area contributed by atoms with Crippen LogP contribution in [0.25, 0.3) is 6.08 Å². The lowest BCUT2D eigenvalue weighted by atomic mass is 10.2. The van der Waals surface area contributed by atoms with Crippen molar-refractivity contribution in [3.63, 3.8) is 0 Å². The van der Waals surface area contributed by atoms with Gasteiger partial charge in [-0.2, -0.15) is 4.31 Å². The second-order valence-corrected chi connectivity index (χ2v) is 7.02. The van der Waals surface area contributed by atoms with E-state index in [-0.39, 0.29) is 17.3 Å². The molecule has 0 heterocycles. The molecule has 2 N–H and O–H groups in total. The van der Waals surface area contributed by atoms with Crippen LogP contribution in [0.15, 0.2) is 35.2 Å². The molecule has 0 aliphatic rings. The summed E-state index contributed by atoms with van der Waals surface area (Å²) >= 11 is 0. The van der Waals surface area contributed by atoms with E-state index in [1.54, 1.807) is 39.0 Å². The Morgan fingerprint density at radius 2 is 1.83 bits per heavy atom. The zero-order valence-corrected chi connectivity index (χ0v) is 14.5. The lowest BCUT2D eigenvalue weighted by Crippen LogP contribution is -2.30. The Morgan fingerprint density at radius 3 is 2.30 bits per heavy atom. The third-order valence-corrected chi connectivity index (χ3v) is 5.29. The predicted molar refractivity (Wildman–Crippen MR) is 90.3 cm³/mol. The zero-order valence-electron chi connectivity index (χ0n) is 13.7. The van der Waals surface area contributed by atoms with Gasteiger partial charge in [-0.05, 0) is 30.7 Å². The van der Waals surface area contributed by atoms with Crippen LogP contribution in [0.4, 0.5) is 0 Å². The predicted octanol–water partition coefficient (Wildman–Crippen LogP) is 1.23. The number of amides is 1. The molecule has 23 heavy (non-hydrogen) atoms. The Kier molecular flexibility index (Phi) is 7.41. The Balaban J connectivity index is 2.79. The summed E-state index contributed by atoms with van der Waals surface area (Å²) in [5.74, 6) is -0.314. The van der Waals surface area contributed by atoms with Crippen molar-refractivity contribution in [2.24, 2.45) is 0 Å². The minimum Gasteiger partial charge on any atom is -0.392 e. The van der Waals surface area contributed by atoms with Gasteiger partial charge in [-0.3, -0.25) is 4.79 Å². The normalized spacial score (nSPS) is 13.4. The molecule has 0 radical (unpaired) electrons. The molecule has 128 valence electrons. The average Bonchev–Trinajstić information content (AvgIpc) is 2.52. The summed E-state index contributed by atoms with van der Waals surface area (Å²) in [5, 5.41) is 11.6. The maximum absolute atomic E-state index is 12.3. The minimum atomic E-state index is -3.47. The van der Waals surface area contributed by atoms with Gasteiger partial charge >= 0.3 is 0 Å². The van der Waals surface area contributed by atoms with E-state index in [0.29, 0.717) is 13.1 Å². The Bertz CT molecular complexity index is 633. The first-order valence-electron chi connectivity index (χ1n) is 7.55. The van der Waals surface area contributed by atoms with Gasteiger partial charge in [0.2, 0.25) is 15.9 Å². The van der Waals surface area contributed by atoms with Crippen LogP contribution >= 0.6 is 0 Å². The summed E-state index contributed by atoms with van der Waals surface area (Å²) < 4.78 is 26.1. The van der Waals surface area contributed by atoms with Crippen LogP contribution < -0.4 is 5.32 Å². The highest BCUT2D eigenvalue weighted by molar-refractivity contribution is 7.89. The molecule has 0 fully saturated rings. The van der Waals surface area contributed by atoms with E-state index in [4.69, 9.17) is 5.11 Å². The van der Waals surface area contributed by atoms with Gasteiger partial charge in [0.05, 0.1) is 11.0 Å². The molecule has 1 amide bonds. The number of rotatable bonds is 8. The van der Waals surface area contributed by atoms with Crippen LogP contribution in [-0.2, 0) is 14.8 Å². The Labute approximate surface area is 137 Å². The monoisotopic (exact) mass is 340 g/mol. The highest BCUT2D eigenvalue weighted by Crippen LogP contribution is 2.16.